The maximum absolute atomic E-state index is 13.0. The minimum atomic E-state index is -0.435. The Balaban J connectivity index is 1.71. The van der Waals surface area contributed by atoms with Gasteiger partial charge >= 0.3 is 0 Å². The number of hydrogen-bond donors (Lipinski definition) is 1. The van der Waals surface area contributed by atoms with Crippen molar-refractivity contribution in [3.8, 4) is 11.1 Å². The van der Waals surface area contributed by atoms with E-state index in [4.69, 9.17) is 10.5 Å². The van der Waals surface area contributed by atoms with Gasteiger partial charge in [0.15, 0.2) is 0 Å². The number of amides is 2. The van der Waals surface area contributed by atoms with Gasteiger partial charge in [-0.2, -0.15) is 5.10 Å². The van der Waals surface area contributed by atoms with Crippen LogP contribution in [0.1, 0.15) is 36.0 Å². The van der Waals surface area contributed by atoms with Gasteiger partial charge in [-0.3, -0.25) is 14.3 Å². The fourth-order valence-electron chi connectivity index (χ4n) is 3.55. The van der Waals surface area contributed by atoms with Crippen molar-refractivity contribution in [3.63, 3.8) is 0 Å². The Hall–Kier alpha value is -2.67. The summed E-state index contributed by atoms with van der Waals surface area (Å²) in [5, 5.41) is 4.13. The number of carbonyl (C=O) groups excluding carboxylic acids is 2. The van der Waals surface area contributed by atoms with Crippen LogP contribution in [0.2, 0.25) is 0 Å². The summed E-state index contributed by atoms with van der Waals surface area (Å²) in [5.74, 6) is -0.359. The first kappa shape index (κ1) is 19.1. The lowest BCUT2D eigenvalue weighted by molar-refractivity contribution is -0.118. The van der Waals surface area contributed by atoms with Gasteiger partial charge in [0, 0.05) is 43.6 Å². The maximum Gasteiger partial charge on any atom is 0.254 e. The molecule has 0 radical (unpaired) electrons. The summed E-state index contributed by atoms with van der Waals surface area (Å²) >= 11 is 0. The van der Waals surface area contributed by atoms with Crippen LogP contribution in [-0.4, -0.2) is 52.8 Å². The first-order valence-corrected chi connectivity index (χ1v) is 9.29. The number of nitrogens with zero attached hydrogens (tertiary/aromatic N) is 3. The zero-order valence-electron chi connectivity index (χ0n) is 15.6. The van der Waals surface area contributed by atoms with Gasteiger partial charge in [0.1, 0.15) is 6.54 Å². The molecule has 2 heterocycles. The van der Waals surface area contributed by atoms with E-state index in [2.05, 4.69) is 5.10 Å². The Labute approximate surface area is 159 Å². The van der Waals surface area contributed by atoms with Crippen molar-refractivity contribution in [1.82, 2.24) is 14.7 Å². The van der Waals surface area contributed by atoms with Crippen molar-refractivity contribution < 1.29 is 14.3 Å². The van der Waals surface area contributed by atoms with Gasteiger partial charge in [-0.1, -0.05) is 12.1 Å². The number of benzene rings is 1. The average Bonchev–Trinajstić information content (AvgIpc) is 3.14. The molecule has 2 N–H and O–H groups in total. The lowest BCUT2D eigenvalue weighted by Gasteiger charge is -2.36. The molecule has 1 aliphatic rings. The van der Waals surface area contributed by atoms with Crippen LogP contribution < -0.4 is 5.73 Å². The molecular weight excluding hydrogens is 344 g/mol. The molecule has 7 nitrogen and oxygen atoms in total. The third-order valence-corrected chi connectivity index (χ3v) is 4.96. The van der Waals surface area contributed by atoms with Gasteiger partial charge in [-0.25, -0.2) is 0 Å². The van der Waals surface area contributed by atoms with Crippen LogP contribution in [0.15, 0.2) is 36.7 Å². The summed E-state index contributed by atoms with van der Waals surface area (Å²) in [6.07, 6.45) is 7.57. The summed E-state index contributed by atoms with van der Waals surface area (Å²) in [6, 6.07) is 7.77. The Morgan fingerprint density at radius 1 is 1.22 bits per heavy atom. The lowest BCUT2D eigenvalue weighted by atomic mass is 9.98. The fourth-order valence-corrected chi connectivity index (χ4v) is 3.55. The Kier molecular flexibility index (Phi) is 6.24. The van der Waals surface area contributed by atoms with Gasteiger partial charge in [-0.15, -0.1) is 0 Å². The van der Waals surface area contributed by atoms with Crippen LogP contribution in [0.4, 0.5) is 0 Å². The van der Waals surface area contributed by atoms with Crippen LogP contribution >= 0.6 is 0 Å². The third-order valence-electron chi connectivity index (χ3n) is 4.96. The number of carbonyl (C=O) groups is 2. The second kappa shape index (κ2) is 8.81. The van der Waals surface area contributed by atoms with Crippen molar-refractivity contribution >= 4 is 11.8 Å². The fraction of sp³-hybridized carbons (Fsp3) is 0.450. The molecule has 1 atom stereocenters. The molecule has 2 amide bonds. The van der Waals surface area contributed by atoms with Crippen molar-refractivity contribution in [3.05, 3.63) is 42.2 Å². The summed E-state index contributed by atoms with van der Waals surface area (Å²) in [5.41, 5.74) is 7.70. The number of rotatable bonds is 7. The zero-order valence-corrected chi connectivity index (χ0v) is 15.6. The molecule has 0 unspecified atom stereocenters. The van der Waals surface area contributed by atoms with Crippen molar-refractivity contribution in [1.29, 1.82) is 0 Å². The van der Waals surface area contributed by atoms with Crippen molar-refractivity contribution in [2.24, 2.45) is 5.73 Å². The topological polar surface area (TPSA) is 90.4 Å². The van der Waals surface area contributed by atoms with E-state index in [-0.39, 0.29) is 18.5 Å². The molecule has 0 bridgehead atoms. The monoisotopic (exact) mass is 370 g/mol. The number of piperidine rings is 1. The summed E-state index contributed by atoms with van der Waals surface area (Å²) < 4.78 is 6.70. The second-order valence-electron chi connectivity index (χ2n) is 6.90. The third kappa shape index (κ3) is 4.74. The van der Waals surface area contributed by atoms with E-state index in [9.17, 15) is 9.59 Å². The highest BCUT2D eigenvalue weighted by Gasteiger charge is 2.27. The average molecular weight is 370 g/mol. The quantitative estimate of drug-likeness (QED) is 0.808. The molecule has 2 aromatic rings. The maximum atomic E-state index is 13.0. The van der Waals surface area contributed by atoms with E-state index in [0.717, 1.165) is 43.4 Å². The summed E-state index contributed by atoms with van der Waals surface area (Å²) in [4.78, 5) is 25.9. The van der Waals surface area contributed by atoms with Crippen LogP contribution in [-0.2, 0) is 16.1 Å². The van der Waals surface area contributed by atoms with Gasteiger partial charge < -0.3 is 15.4 Å². The van der Waals surface area contributed by atoms with Crippen LogP contribution in [0, 0.1) is 0 Å². The molecule has 1 fully saturated rings. The zero-order chi connectivity index (χ0) is 19.2. The van der Waals surface area contributed by atoms with E-state index in [1.54, 1.807) is 19.5 Å². The number of likely N-dealkylation sites (tertiary alicyclic amines) is 1. The molecule has 0 spiro atoms. The molecular formula is C20H26N4O3. The lowest BCUT2D eigenvalue weighted by Crippen LogP contribution is -2.44. The molecule has 7 heteroatoms. The highest BCUT2D eigenvalue weighted by Crippen LogP contribution is 2.24. The predicted molar refractivity (Wildman–Crippen MR) is 102 cm³/mol. The van der Waals surface area contributed by atoms with Gasteiger partial charge in [0.05, 0.1) is 6.20 Å². The minimum absolute atomic E-state index is 0.0500. The van der Waals surface area contributed by atoms with E-state index in [1.807, 2.05) is 29.2 Å². The molecule has 1 aromatic carbocycles. The first-order valence-electron chi connectivity index (χ1n) is 9.29. The van der Waals surface area contributed by atoms with E-state index in [1.165, 1.54) is 4.68 Å². The normalized spacial score (nSPS) is 17.1. The van der Waals surface area contributed by atoms with Crippen LogP contribution in [0.5, 0.6) is 0 Å². The number of primary amides is 1. The Bertz CT molecular complexity index is 785. The molecule has 1 aliphatic heterocycles. The molecule has 1 saturated heterocycles. The number of nitrogens with two attached hydrogens (primary N) is 1. The smallest absolute Gasteiger partial charge is 0.254 e. The highest BCUT2D eigenvalue weighted by atomic mass is 16.5. The van der Waals surface area contributed by atoms with Crippen molar-refractivity contribution in [2.75, 3.05) is 20.3 Å². The Morgan fingerprint density at radius 3 is 2.70 bits per heavy atom. The SMILES string of the molecule is COCC[C@H]1CCCCN1C(=O)c1ccc(-c2cnn(CC(N)=O)c2)cc1. The standard InChI is InChI=1S/C20H26N4O3/c1-27-11-9-18-4-2-3-10-24(18)20(26)16-7-5-15(6-8-16)17-12-22-23(13-17)14-19(21)25/h5-8,12-13,18H,2-4,9-11,14H2,1H3,(H2,21,25)/t18-/m1/s1. The van der Waals surface area contributed by atoms with Gasteiger partial charge in [0.2, 0.25) is 5.91 Å². The Morgan fingerprint density at radius 2 is 2.00 bits per heavy atom. The number of ether oxygens (including phenoxy) is 1. The second-order valence-corrected chi connectivity index (χ2v) is 6.90. The van der Waals surface area contributed by atoms with Crippen LogP contribution in [0.25, 0.3) is 11.1 Å². The molecule has 1 aromatic heterocycles. The molecule has 0 saturated carbocycles. The van der Waals surface area contributed by atoms with E-state index >= 15 is 0 Å². The highest BCUT2D eigenvalue weighted by molar-refractivity contribution is 5.95. The number of methoxy groups -OCH3 is 1. The molecule has 27 heavy (non-hydrogen) atoms. The predicted octanol–water partition coefficient (Wildman–Crippen LogP) is 2.07. The van der Waals surface area contributed by atoms with E-state index in [0.29, 0.717) is 12.2 Å². The number of aromatic nitrogens is 2. The summed E-state index contributed by atoms with van der Waals surface area (Å²) in [7, 11) is 1.69. The first-order chi connectivity index (χ1) is 13.1. The molecule has 0 aliphatic carbocycles. The minimum Gasteiger partial charge on any atom is -0.385 e. The van der Waals surface area contributed by atoms with Crippen LogP contribution in [0.3, 0.4) is 0 Å². The van der Waals surface area contributed by atoms with Gasteiger partial charge in [0.25, 0.3) is 5.91 Å². The molecule has 3 rings (SSSR count). The molecule has 144 valence electrons. The van der Waals surface area contributed by atoms with Crippen molar-refractivity contribution in [2.45, 2.75) is 38.3 Å². The van der Waals surface area contributed by atoms with Gasteiger partial charge in [-0.05, 0) is 43.4 Å². The summed E-state index contributed by atoms with van der Waals surface area (Å²) in [6.45, 7) is 1.52. The van der Waals surface area contributed by atoms with E-state index < -0.39 is 5.91 Å². The number of hydrogen-bond acceptors (Lipinski definition) is 4. The largest absolute Gasteiger partial charge is 0.385 e.